The summed E-state index contributed by atoms with van der Waals surface area (Å²) in [5, 5.41) is 7.38. The van der Waals surface area contributed by atoms with E-state index in [0.717, 1.165) is 11.6 Å². The summed E-state index contributed by atoms with van der Waals surface area (Å²) in [5.41, 5.74) is 0.648. The zero-order valence-corrected chi connectivity index (χ0v) is 16.8. The monoisotopic (exact) mass is 399 g/mol. The van der Waals surface area contributed by atoms with Crippen LogP contribution in [0.15, 0.2) is 46.5 Å². The second-order valence-electron chi connectivity index (χ2n) is 4.49. The van der Waals surface area contributed by atoms with Crippen LogP contribution in [0.2, 0.25) is 5.02 Å². The molecule has 0 bridgehead atoms. The number of nitrogens with zero attached hydrogens (tertiary/aromatic N) is 1. The first-order chi connectivity index (χ1) is 10.6. The summed E-state index contributed by atoms with van der Waals surface area (Å²) in [6.07, 6.45) is 3.08. The Morgan fingerprint density at radius 3 is 2.21 bits per heavy atom. The summed E-state index contributed by atoms with van der Waals surface area (Å²) < 4.78 is 56.9. The molecule has 0 amide bonds. The minimum atomic E-state index is -4.94. The van der Waals surface area contributed by atoms with Crippen LogP contribution in [0.3, 0.4) is 0 Å². The standard InChI is InChI=1S/C12H12ClN3O5S2.Na/c13-9-5-10(16-7-8-1-3-15-4-2-8)12(23(19,20)21)6-11(9)22(14,17)18;/h1-6,16H,7H2,(H2,14,17,18)(H,19,20,21);/q;+1/p-1. The molecular weight excluding hydrogens is 389 g/mol. The van der Waals surface area contributed by atoms with Crippen LogP contribution >= 0.6 is 11.6 Å². The molecule has 0 spiro atoms. The topological polar surface area (TPSA) is 142 Å². The largest absolute Gasteiger partial charge is 1.00 e. The second kappa shape index (κ2) is 8.11. The van der Waals surface area contributed by atoms with Crippen LogP contribution in [0.4, 0.5) is 5.69 Å². The van der Waals surface area contributed by atoms with Gasteiger partial charge in [0.25, 0.3) is 0 Å². The first-order valence-corrected chi connectivity index (χ1v) is 9.37. The minimum absolute atomic E-state index is 0. The molecule has 0 unspecified atom stereocenters. The normalized spacial score (nSPS) is 11.6. The fraction of sp³-hybridized carbons (Fsp3) is 0.0833. The smallest absolute Gasteiger partial charge is 0.744 e. The fourth-order valence-corrected chi connectivity index (χ4v) is 3.63. The maximum Gasteiger partial charge on any atom is 1.00 e. The summed E-state index contributed by atoms with van der Waals surface area (Å²) in [5.74, 6) is 0. The van der Waals surface area contributed by atoms with Crippen molar-refractivity contribution < 1.29 is 50.9 Å². The van der Waals surface area contributed by atoms with Crippen LogP contribution in [0, 0.1) is 0 Å². The first kappa shape index (κ1) is 21.3. The van der Waals surface area contributed by atoms with Gasteiger partial charge in [-0.15, -0.1) is 0 Å². The molecule has 0 radical (unpaired) electrons. The molecule has 0 aliphatic rings. The number of hydrogen-bond donors (Lipinski definition) is 2. The van der Waals surface area contributed by atoms with Gasteiger partial charge in [-0.3, -0.25) is 4.98 Å². The predicted molar refractivity (Wildman–Crippen MR) is 82.4 cm³/mol. The van der Waals surface area contributed by atoms with Crippen molar-refractivity contribution in [3.05, 3.63) is 47.2 Å². The van der Waals surface area contributed by atoms with Gasteiger partial charge in [0.05, 0.1) is 15.6 Å². The van der Waals surface area contributed by atoms with E-state index in [9.17, 15) is 21.4 Å². The summed E-state index contributed by atoms with van der Waals surface area (Å²) in [6.45, 7) is 0.177. The molecule has 0 saturated carbocycles. The Hall–Kier alpha value is -0.720. The molecule has 1 aromatic heterocycles. The van der Waals surface area contributed by atoms with Gasteiger partial charge in [0.1, 0.15) is 15.0 Å². The Morgan fingerprint density at radius 1 is 1.12 bits per heavy atom. The van der Waals surface area contributed by atoms with Crippen LogP contribution in [0.5, 0.6) is 0 Å². The van der Waals surface area contributed by atoms with Gasteiger partial charge in [0.15, 0.2) is 0 Å². The van der Waals surface area contributed by atoms with Gasteiger partial charge in [-0.05, 0) is 29.8 Å². The van der Waals surface area contributed by atoms with Crippen LogP contribution in [0.25, 0.3) is 0 Å². The van der Waals surface area contributed by atoms with E-state index in [-0.39, 0.29) is 46.8 Å². The number of nitrogens with two attached hydrogens (primary N) is 1. The molecule has 2 rings (SSSR count). The summed E-state index contributed by atoms with van der Waals surface area (Å²) in [7, 11) is -9.21. The maximum atomic E-state index is 11.4. The average Bonchev–Trinajstić information content (AvgIpc) is 2.43. The van der Waals surface area contributed by atoms with Gasteiger partial charge in [-0.1, -0.05) is 11.6 Å². The van der Waals surface area contributed by atoms with Crippen molar-refractivity contribution in [2.75, 3.05) is 5.32 Å². The quantitative estimate of drug-likeness (QED) is 0.433. The third-order valence-electron chi connectivity index (χ3n) is 2.84. The molecule has 12 heteroatoms. The summed E-state index contributed by atoms with van der Waals surface area (Å²) in [4.78, 5) is 2.45. The van der Waals surface area contributed by atoms with E-state index < -0.39 is 29.9 Å². The van der Waals surface area contributed by atoms with Crippen molar-refractivity contribution >= 4 is 37.4 Å². The van der Waals surface area contributed by atoms with Crippen molar-refractivity contribution in [3.63, 3.8) is 0 Å². The molecule has 0 atom stereocenters. The summed E-state index contributed by atoms with van der Waals surface area (Å²) >= 11 is 5.81. The number of benzene rings is 1. The Labute approximate surface area is 166 Å². The number of hydrogen-bond acceptors (Lipinski definition) is 7. The number of anilines is 1. The van der Waals surface area contributed by atoms with E-state index in [4.69, 9.17) is 16.7 Å². The van der Waals surface area contributed by atoms with E-state index in [1.54, 1.807) is 24.5 Å². The number of pyridine rings is 1. The van der Waals surface area contributed by atoms with Gasteiger partial charge in [0, 0.05) is 18.9 Å². The van der Waals surface area contributed by atoms with Crippen molar-refractivity contribution in [3.8, 4) is 0 Å². The van der Waals surface area contributed by atoms with E-state index in [0.29, 0.717) is 6.07 Å². The molecule has 1 heterocycles. The van der Waals surface area contributed by atoms with Crippen LogP contribution < -0.4 is 40.0 Å². The van der Waals surface area contributed by atoms with Crippen molar-refractivity contribution in [2.45, 2.75) is 16.3 Å². The zero-order chi connectivity index (χ0) is 17.3. The third kappa shape index (κ3) is 5.39. The molecule has 3 N–H and O–H groups in total. The van der Waals surface area contributed by atoms with Gasteiger partial charge >= 0.3 is 29.6 Å². The predicted octanol–water partition coefficient (Wildman–Crippen LogP) is -2.10. The molecule has 24 heavy (non-hydrogen) atoms. The minimum Gasteiger partial charge on any atom is -0.744 e. The Morgan fingerprint density at radius 2 is 1.71 bits per heavy atom. The van der Waals surface area contributed by atoms with Crippen LogP contribution in [-0.2, 0) is 26.7 Å². The molecule has 0 aliphatic carbocycles. The average molecular weight is 400 g/mol. The van der Waals surface area contributed by atoms with Gasteiger partial charge in [0.2, 0.25) is 10.0 Å². The molecule has 0 aliphatic heterocycles. The number of nitrogens with one attached hydrogen (secondary N) is 1. The maximum absolute atomic E-state index is 11.4. The molecule has 0 saturated heterocycles. The molecule has 124 valence electrons. The van der Waals surface area contributed by atoms with Gasteiger partial charge in [-0.2, -0.15) is 0 Å². The number of halogens is 1. The number of rotatable bonds is 5. The van der Waals surface area contributed by atoms with Crippen molar-refractivity contribution in [1.29, 1.82) is 0 Å². The van der Waals surface area contributed by atoms with Gasteiger partial charge in [-0.25, -0.2) is 22.0 Å². The second-order valence-corrected chi connectivity index (χ2v) is 7.77. The van der Waals surface area contributed by atoms with E-state index in [1.165, 1.54) is 0 Å². The fourth-order valence-electron chi connectivity index (χ4n) is 1.80. The number of aromatic nitrogens is 1. The molecule has 8 nitrogen and oxygen atoms in total. The third-order valence-corrected chi connectivity index (χ3v) is 5.09. The molecular formula is C12H11ClN3NaO5S2. The number of primary sulfonamides is 1. The van der Waals surface area contributed by atoms with Crippen LogP contribution in [-0.4, -0.2) is 26.4 Å². The Bertz CT molecular complexity index is 937. The van der Waals surface area contributed by atoms with Crippen molar-refractivity contribution in [1.82, 2.24) is 4.98 Å². The van der Waals surface area contributed by atoms with Gasteiger partial charge < -0.3 is 9.87 Å². The SMILES string of the molecule is NS(=O)(=O)c1cc(S(=O)(=O)[O-])c(NCc2ccncc2)cc1Cl.[Na+]. The first-order valence-electron chi connectivity index (χ1n) is 6.04. The van der Waals surface area contributed by atoms with E-state index in [2.05, 4.69) is 10.3 Å². The van der Waals surface area contributed by atoms with E-state index in [1.807, 2.05) is 0 Å². The Balaban J connectivity index is 0.00000288. The van der Waals surface area contributed by atoms with E-state index >= 15 is 0 Å². The molecule has 1 aromatic carbocycles. The van der Waals surface area contributed by atoms with Crippen molar-refractivity contribution in [2.24, 2.45) is 5.14 Å². The van der Waals surface area contributed by atoms with Crippen LogP contribution in [0.1, 0.15) is 5.56 Å². The molecule has 2 aromatic rings. The molecule has 0 fully saturated rings. The Kier molecular flexibility index (Phi) is 7.20. The number of sulfonamides is 1. The zero-order valence-electron chi connectivity index (χ0n) is 12.4. The summed E-state index contributed by atoms with van der Waals surface area (Å²) in [6, 6.07) is 5.04.